The molecule has 102 valence electrons. The van der Waals surface area contributed by atoms with Crippen LogP contribution in [0.3, 0.4) is 0 Å². The summed E-state index contributed by atoms with van der Waals surface area (Å²) in [5.41, 5.74) is 4.96. The Hall–Kier alpha value is -1.61. The van der Waals surface area contributed by atoms with E-state index >= 15 is 0 Å². The molecule has 1 aromatic carbocycles. The molecule has 0 aliphatic carbocycles. The Bertz CT molecular complexity index is 543. The molecule has 0 radical (unpaired) electrons. The average molecular weight is 257 g/mol. The van der Waals surface area contributed by atoms with Crippen LogP contribution >= 0.6 is 0 Å². The van der Waals surface area contributed by atoms with Crippen molar-refractivity contribution in [1.82, 2.24) is 15.1 Å². The first kappa shape index (κ1) is 13.8. The maximum absolute atomic E-state index is 4.56. The quantitative estimate of drug-likeness (QED) is 0.892. The van der Waals surface area contributed by atoms with Gasteiger partial charge in [0.2, 0.25) is 0 Å². The summed E-state index contributed by atoms with van der Waals surface area (Å²) in [7, 11) is 2.02. The van der Waals surface area contributed by atoms with Crippen LogP contribution in [0.4, 0.5) is 0 Å². The zero-order valence-corrected chi connectivity index (χ0v) is 12.3. The van der Waals surface area contributed by atoms with Crippen LogP contribution in [0.25, 0.3) is 0 Å². The van der Waals surface area contributed by atoms with Gasteiger partial charge < -0.3 is 5.32 Å². The van der Waals surface area contributed by atoms with E-state index in [1.54, 1.807) is 0 Å². The average Bonchev–Trinajstić information content (AvgIpc) is 2.77. The molecular formula is C16H23N3. The van der Waals surface area contributed by atoms with E-state index in [2.05, 4.69) is 61.5 Å². The van der Waals surface area contributed by atoms with Crippen molar-refractivity contribution < 1.29 is 0 Å². The standard InChI is InChI=1S/C16H23N3/c1-5-14-11-15(19(4)18-14)16(17-6-2)13-9-7-8-12(3)10-13/h7-11,16-17H,5-6H2,1-4H3. The van der Waals surface area contributed by atoms with E-state index in [9.17, 15) is 0 Å². The van der Waals surface area contributed by atoms with E-state index in [0.29, 0.717) is 0 Å². The predicted octanol–water partition coefficient (Wildman–Crippen LogP) is 2.99. The summed E-state index contributed by atoms with van der Waals surface area (Å²) in [5, 5.41) is 8.12. The van der Waals surface area contributed by atoms with Gasteiger partial charge in [0.25, 0.3) is 0 Å². The Morgan fingerprint density at radius 3 is 2.63 bits per heavy atom. The molecule has 1 heterocycles. The smallest absolute Gasteiger partial charge is 0.0748 e. The third-order valence-electron chi connectivity index (χ3n) is 3.41. The second-order valence-corrected chi connectivity index (χ2v) is 4.94. The number of rotatable bonds is 5. The fraction of sp³-hybridized carbons (Fsp3) is 0.438. The van der Waals surface area contributed by atoms with Crippen LogP contribution < -0.4 is 5.32 Å². The van der Waals surface area contributed by atoms with Crippen molar-refractivity contribution in [3.8, 4) is 0 Å². The molecule has 2 aromatic rings. The van der Waals surface area contributed by atoms with Crippen LogP contribution in [0.1, 0.15) is 42.4 Å². The van der Waals surface area contributed by atoms with Gasteiger partial charge in [0.05, 0.1) is 17.4 Å². The van der Waals surface area contributed by atoms with E-state index in [1.807, 2.05) is 11.7 Å². The van der Waals surface area contributed by atoms with Crippen molar-refractivity contribution in [1.29, 1.82) is 0 Å². The van der Waals surface area contributed by atoms with Crippen LogP contribution in [0.5, 0.6) is 0 Å². The molecule has 19 heavy (non-hydrogen) atoms. The van der Waals surface area contributed by atoms with Gasteiger partial charge in [0.1, 0.15) is 0 Å². The number of aromatic nitrogens is 2. The van der Waals surface area contributed by atoms with E-state index in [4.69, 9.17) is 0 Å². The summed E-state index contributed by atoms with van der Waals surface area (Å²) in [5.74, 6) is 0. The molecule has 0 aliphatic heterocycles. The largest absolute Gasteiger partial charge is 0.305 e. The van der Waals surface area contributed by atoms with Crippen LogP contribution in [0.2, 0.25) is 0 Å². The monoisotopic (exact) mass is 257 g/mol. The molecule has 0 bridgehead atoms. The summed E-state index contributed by atoms with van der Waals surface area (Å²) < 4.78 is 1.99. The highest BCUT2D eigenvalue weighted by atomic mass is 15.3. The molecule has 2 rings (SSSR count). The molecule has 0 saturated carbocycles. The van der Waals surface area contributed by atoms with E-state index in [1.165, 1.54) is 16.8 Å². The Labute approximate surface area is 115 Å². The number of benzene rings is 1. The van der Waals surface area contributed by atoms with Gasteiger partial charge in [-0.25, -0.2) is 0 Å². The number of nitrogens with zero attached hydrogens (tertiary/aromatic N) is 2. The van der Waals surface area contributed by atoms with Crippen LogP contribution in [-0.2, 0) is 13.5 Å². The fourth-order valence-corrected chi connectivity index (χ4v) is 2.43. The minimum Gasteiger partial charge on any atom is -0.305 e. The molecular weight excluding hydrogens is 234 g/mol. The van der Waals surface area contributed by atoms with Gasteiger partial charge in [0.15, 0.2) is 0 Å². The molecule has 3 nitrogen and oxygen atoms in total. The lowest BCUT2D eigenvalue weighted by Crippen LogP contribution is -2.24. The molecule has 0 fully saturated rings. The molecule has 1 atom stereocenters. The molecule has 0 aliphatic rings. The van der Waals surface area contributed by atoms with Crippen molar-refractivity contribution in [3.63, 3.8) is 0 Å². The lowest BCUT2D eigenvalue weighted by Gasteiger charge is -2.19. The minimum atomic E-state index is 0.211. The van der Waals surface area contributed by atoms with Gasteiger partial charge in [-0.05, 0) is 31.5 Å². The van der Waals surface area contributed by atoms with Gasteiger partial charge in [-0.3, -0.25) is 4.68 Å². The summed E-state index contributed by atoms with van der Waals surface area (Å²) >= 11 is 0. The maximum Gasteiger partial charge on any atom is 0.0748 e. The number of aryl methyl sites for hydroxylation is 3. The lowest BCUT2D eigenvalue weighted by molar-refractivity contribution is 0.571. The zero-order chi connectivity index (χ0) is 13.8. The molecule has 1 aromatic heterocycles. The van der Waals surface area contributed by atoms with Gasteiger partial charge in [-0.2, -0.15) is 5.10 Å². The highest BCUT2D eigenvalue weighted by Gasteiger charge is 2.17. The molecule has 0 spiro atoms. The lowest BCUT2D eigenvalue weighted by atomic mass is 10.0. The van der Waals surface area contributed by atoms with Crippen molar-refractivity contribution in [3.05, 3.63) is 52.8 Å². The molecule has 3 heteroatoms. The van der Waals surface area contributed by atoms with Crippen LogP contribution in [-0.4, -0.2) is 16.3 Å². The number of nitrogens with one attached hydrogen (secondary N) is 1. The normalized spacial score (nSPS) is 12.6. The summed E-state index contributed by atoms with van der Waals surface area (Å²) in [6.45, 7) is 7.35. The fourth-order valence-electron chi connectivity index (χ4n) is 2.43. The van der Waals surface area contributed by atoms with Crippen molar-refractivity contribution >= 4 is 0 Å². The number of hydrogen-bond acceptors (Lipinski definition) is 2. The van der Waals surface area contributed by atoms with E-state index in [-0.39, 0.29) is 6.04 Å². The van der Waals surface area contributed by atoms with Crippen molar-refractivity contribution in [2.24, 2.45) is 7.05 Å². The first-order valence-corrected chi connectivity index (χ1v) is 6.98. The Morgan fingerprint density at radius 2 is 2.05 bits per heavy atom. The Kier molecular flexibility index (Phi) is 4.38. The molecule has 0 saturated heterocycles. The van der Waals surface area contributed by atoms with Crippen molar-refractivity contribution in [2.45, 2.75) is 33.2 Å². The summed E-state index contributed by atoms with van der Waals surface area (Å²) in [4.78, 5) is 0. The van der Waals surface area contributed by atoms with Gasteiger partial charge in [-0.15, -0.1) is 0 Å². The zero-order valence-electron chi connectivity index (χ0n) is 12.3. The minimum absolute atomic E-state index is 0.211. The maximum atomic E-state index is 4.56. The third-order valence-corrected chi connectivity index (χ3v) is 3.41. The van der Waals surface area contributed by atoms with Gasteiger partial charge in [0, 0.05) is 7.05 Å². The second kappa shape index (κ2) is 6.02. The Balaban J connectivity index is 2.41. The highest BCUT2D eigenvalue weighted by molar-refractivity contribution is 5.32. The first-order chi connectivity index (χ1) is 9.15. The number of hydrogen-bond donors (Lipinski definition) is 1. The van der Waals surface area contributed by atoms with Crippen LogP contribution in [0.15, 0.2) is 30.3 Å². The topological polar surface area (TPSA) is 29.9 Å². The highest BCUT2D eigenvalue weighted by Crippen LogP contribution is 2.23. The summed E-state index contributed by atoms with van der Waals surface area (Å²) in [6, 6.07) is 11.1. The van der Waals surface area contributed by atoms with Crippen LogP contribution in [0, 0.1) is 6.92 Å². The third kappa shape index (κ3) is 3.04. The van der Waals surface area contributed by atoms with E-state index < -0.39 is 0 Å². The molecule has 1 unspecified atom stereocenters. The van der Waals surface area contributed by atoms with Gasteiger partial charge in [-0.1, -0.05) is 43.7 Å². The Morgan fingerprint density at radius 1 is 1.26 bits per heavy atom. The van der Waals surface area contributed by atoms with E-state index in [0.717, 1.165) is 18.7 Å². The predicted molar refractivity (Wildman–Crippen MR) is 79.3 cm³/mol. The summed E-state index contributed by atoms with van der Waals surface area (Å²) in [6.07, 6.45) is 0.973. The van der Waals surface area contributed by atoms with Gasteiger partial charge >= 0.3 is 0 Å². The SMILES string of the molecule is CCNC(c1cccc(C)c1)c1cc(CC)nn1C. The molecule has 0 amide bonds. The molecule has 1 N–H and O–H groups in total. The second-order valence-electron chi connectivity index (χ2n) is 4.94. The van der Waals surface area contributed by atoms with Crippen molar-refractivity contribution in [2.75, 3.05) is 6.54 Å². The first-order valence-electron chi connectivity index (χ1n) is 6.98.